The molecule has 94 valence electrons. The zero-order chi connectivity index (χ0) is 13.2. The number of nitrogens with zero attached hydrogens (tertiary/aromatic N) is 2. The molecule has 0 unspecified atom stereocenters. The summed E-state index contributed by atoms with van der Waals surface area (Å²) < 4.78 is 1.84. The molecule has 0 saturated heterocycles. The van der Waals surface area contributed by atoms with Gasteiger partial charge in [0, 0.05) is 11.8 Å². The van der Waals surface area contributed by atoms with Crippen LogP contribution in [-0.2, 0) is 0 Å². The van der Waals surface area contributed by atoms with Gasteiger partial charge in [0.2, 0.25) is 5.95 Å². The van der Waals surface area contributed by atoms with Gasteiger partial charge in [0.15, 0.2) is 0 Å². The number of benzene rings is 1. The molecule has 0 aliphatic rings. The van der Waals surface area contributed by atoms with Crippen molar-refractivity contribution >= 4 is 17.4 Å². The zero-order valence-corrected chi connectivity index (χ0v) is 10.5. The molecule has 0 spiro atoms. The predicted octanol–water partition coefficient (Wildman–Crippen LogP) is 2.90. The lowest BCUT2D eigenvalue weighted by atomic mass is 10.1. The average Bonchev–Trinajstić information content (AvgIpc) is 2.83. The number of fused-ring (bicyclic) bond motifs is 1. The van der Waals surface area contributed by atoms with Crippen molar-refractivity contribution in [3.05, 3.63) is 66.0 Å². The zero-order valence-electron chi connectivity index (χ0n) is 10.5. The maximum atomic E-state index is 12.1. The van der Waals surface area contributed by atoms with Gasteiger partial charge in [-0.25, -0.2) is 4.98 Å². The fourth-order valence-electron chi connectivity index (χ4n) is 1.92. The van der Waals surface area contributed by atoms with Gasteiger partial charge in [-0.2, -0.15) is 0 Å². The van der Waals surface area contributed by atoms with E-state index in [-0.39, 0.29) is 5.91 Å². The van der Waals surface area contributed by atoms with Crippen LogP contribution in [0.15, 0.2) is 54.9 Å². The molecule has 3 aromatic rings. The van der Waals surface area contributed by atoms with Crippen LogP contribution in [0.1, 0.15) is 15.9 Å². The molecule has 0 saturated carbocycles. The molecule has 0 aliphatic heterocycles. The number of amides is 1. The number of anilines is 1. The molecule has 4 heteroatoms. The molecule has 3 rings (SSSR count). The van der Waals surface area contributed by atoms with Crippen LogP contribution in [0.25, 0.3) is 5.52 Å². The molecule has 4 nitrogen and oxygen atoms in total. The standard InChI is InChI=1S/C15H13N3O/c1-11-5-7-12(8-6-11)14(19)17-15-16-10-13-4-2-3-9-18(13)15/h2-10H,1H3,(H,16,17,19). The van der Waals surface area contributed by atoms with Gasteiger partial charge in [0.05, 0.1) is 11.7 Å². The van der Waals surface area contributed by atoms with Crippen molar-refractivity contribution in [2.24, 2.45) is 0 Å². The van der Waals surface area contributed by atoms with Crippen molar-refractivity contribution in [2.45, 2.75) is 6.92 Å². The van der Waals surface area contributed by atoms with Gasteiger partial charge in [-0.1, -0.05) is 23.8 Å². The number of pyridine rings is 1. The second-order valence-corrected chi connectivity index (χ2v) is 4.40. The van der Waals surface area contributed by atoms with Crippen LogP contribution in [0.5, 0.6) is 0 Å². The molecule has 2 aromatic heterocycles. The summed E-state index contributed by atoms with van der Waals surface area (Å²) in [5.41, 5.74) is 2.70. The molecule has 0 atom stereocenters. The Labute approximate surface area is 110 Å². The molecule has 1 N–H and O–H groups in total. The van der Waals surface area contributed by atoms with Gasteiger partial charge >= 0.3 is 0 Å². The highest BCUT2D eigenvalue weighted by atomic mass is 16.1. The van der Waals surface area contributed by atoms with Crippen molar-refractivity contribution in [1.29, 1.82) is 0 Å². The van der Waals surface area contributed by atoms with Crippen LogP contribution in [0.3, 0.4) is 0 Å². The lowest BCUT2D eigenvalue weighted by Gasteiger charge is -2.04. The molecule has 2 heterocycles. The largest absolute Gasteiger partial charge is 0.292 e. The SMILES string of the molecule is Cc1ccc(C(=O)Nc2ncc3ccccn23)cc1. The Balaban J connectivity index is 1.89. The van der Waals surface area contributed by atoms with Gasteiger partial charge in [-0.05, 0) is 31.2 Å². The van der Waals surface area contributed by atoms with Crippen molar-refractivity contribution < 1.29 is 4.79 Å². The molecule has 19 heavy (non-hydrogen) atoms. The molecular formula is C15H13N3O. The maximum Gasteiger partial charge on any atom is 0.257 e. The molecule has 1 amide bonds. The third-order valence-corrected chi connectivity index (χ3v) is 2.98. The third kappa shape index (κ3) is 2.20. The van der Waals surface area contributed by atoms with Gasteiger partial charge < -0.3 is 0 Å². The molecule has 0 aliphatic carbocycles. The number of imidazole rings is 1. The maximum absolute atomic E-state index is 12.1. The Hall–Kier alpha value is -2.62. The fraction of sp³-hybridized carbons (Fsp3) is 0.0667. The van der Waals surface area contributed by atoms with Crippen LogP contribution >= 0.6 is 0 Å². The van der Waals surface area contributed by atoms with Gasteiger partial charge in [-0.3, -0.25) is 14.5 Å². The van der Waals surface area contributed by atoms with Crippen molar-refractivity contribution in [1.82, 2.24) is 9.38 Å². The third-order valence-electron chi connectivity index (χ3n) is 2.98. The van der Waals surface area contributed by atoms with E-state index in [9.17, 15) is 4.79 Å². The normalized spacial score (nSPS) is 10.6. The number of rotatable bonds is 2. The summed E-state index contributed by atoms with van der Waals surface area (Å²) in [7, 11) is 0. The van der Waals surface area contributed by atoms with E-state index in [0.717, 1.165) is 11.1 Å². The molecule has 1 aromatic carbocycles. The summed E-state index contributed by atoms with van der Waals surface area (Å²) in [5, 5.41) is 2.81. The second kappa shape index (κ2) is 4.57. The minimum absolute atomic E-state index is 0.156. The lowest BCUT2D eigenvalue weighted by molar-refractivity contribution is 0.102. The van der Waals surface area contributed by atoms with Gasteiger partial charge in [0.25, 0.3) is 5.91 Å². The highest BCUT2D eigenvalue weighted by molar-refractivity contribution is 6.03. The van der Waals surface area contributed by atoms with E-state index in [4.69, 9.17) is 0 Å². The first kappa shape index (κ1) is 11.5. The quantitative estimate of drug-likeness (QED) is 0.761. The molecule has 0 radical (unpaired) electrons. The number of carbonyl (C=O) groups is 1. The minimum Gasteiger partial charge on any atom is -0.292 e. The van der Waals surface area contributed by atoms with Crippen LogP contribution < -0.4 is 5.32 Å². The number of aryl methyl sites for hydroxylation is 1. The summed E-state index contributed by atoms with van der Waals surface area (Å²) in [6.45, 7) is 1.99. The van der Waals surface area contributed by atoms with E-state index in [1.807, 2.05) is 47.9 Å². The summed E-state index contributed by atoms with van der Waals surface area (Å²) in [6.07, 6.45) is 3.60. The van der Waals surface area contributed by atoms with Crippen molar-refractivity contribution in [2.75, 3.05) is 5.32 Å². The minimum atomic E-state index is -0.156. The predicted molar refractivity (Wildman–Crippen MR) is 74.3 cm³/mol. The number of hydrogen-bond donors (Lipinski definition) is 1. The molecular weight excluding hydrogens is 238 g/mol. The first-order valence-electron chi connectivity index (χ1n) is 6.04. The first-order chi connectivity index (χ1) is 9.24. The second-order valence-electron chi connectivity index (χ2n) is 4.40. The lowest BCUT2D eigenvalue weighted by Crippen LogP contribution is -2.14. The Bertz CT molecular complexity index is 728. The first-order valence-corrected chi connectivity index (χ1v) is 6.04. The summed E-state index contributed by atoms with van der Waals surface area (Å²) >= 11 is 0. The molecule has 0 bridgehead atoms. The number of aromatic nitrogens is 2. The Morgan fingerprint density at radius 1 is 1.16 bits per heavy atom. The summed E-state index contributed by atoms with van der Waals surface area (Å²) in [4.78, 5) is 16.3. The summed E-state index contributed by atoms with van der Waals surface area (Å²) in [6, 6.07) is 13.2. The number of carbonyl (C=O) groups excluding carboxylic acids is 1. The average molecular weight is 251 g/mol. The Morgan fingerprint density at radius 2 is 1.95 bits per heavy atom. The summed E-state index contributed by atoms with van der Waals surface area (Å²) in [5.74, 6) is 0.373. The van der Waals surface area contributed by atoms with E-state index in [1.54, 1.807) is 18.3 Å². The number of nitrogens with one attached hydrogen (secondary N) is 1. The van der Waals surface area contributed by atoms with Gasteiger partial charge in [0.1, 0.15) is 0 Å². The van der Waals surface area contributed by atoms with Gasteiger partial charge in [-0.15, -0.1) is 0 Å². The Morgan fingerprint density at radius 3 is 2.74 bits per heavy atom. The van der Waals surface area contributed by atoms with Crippen molar-refractivity contribution in [3.8, 4) is 0 Å². The van der Waals surface area contributed by atoms with Crippen molar-refractivity contribution in [3.63, 3.8) is 0 Å². The van der Waals surface area contributed by atoms with E-state index in [1.165, 1.54) is 0 Å². The topological polar surface area (TPSA) is 46.4 Å². The number of hydrogen-bond acceptors (Lipinski definition) is 2. The van der Waals surface area contributed by atoms with Crippen LogP contribution in [0.4, 0.5) is 5.95 Å². The highest BCUT2D eigenvalue weighted by Crippen LogP contribution is 2.12. The highest BCUT2D eigenvalue weighted by Gasteiger charge is 2.09. The Kier molecular flexibility index (Phi) is 2.76. The fourth-order valence-corrected chi connectivity index (χ4v) is 1.92. The smallest absolute Gasteiger partial charge is 0.257 e. The van der Waals surface area contributed by atoms with E-state index < -0.39 is 0 Å². The molecule has 0 fully saturated rings. The van der Waals surface area contributed by atoms with Crippen LogP contribution in [0, 0.1) is 6.92 Å². The van der Waals surface area contributed by atoms with Crippen LogP contribution in [-0.4, -0.2) is 15.3 Å². The van der Waals surface area contributed by atoms with E-state index >= 15 is 0 Å². The monoisotopic (exact) mass is 251 g/mol. The van der Waals surface area contributed by atoms with E-state index in [2.05, 4.69) is 10.3 Å². The van der Waals surface area contributed by atoms with E-state index in [0.29, 0.717) is 11.5 Å². The van der Waals surface area contributed by atoms with Crippen LogP contribution in [0.2, 0.25) is 0 Å².